The summed E-state index contributed by atoms with van der Waals surface area (Å²) in [7, 11) is 0. The average Bonchev–Trinajstić information content (AvgIpc) is 2.67. The van der Waals surface area contributed by atoms with E-state index in [0.29, 0.717) is 5.95 Å². The van der Waals surface area contributed by atoms with Crippen molar-refractivity contribution in [2.24, 2.45) is 5.92 Å². The minimum atomic E-state index is -0.0776. The van der Waals surface area contributed by atoms with E-state index < -0.39 is 0 Å². The van der Waals surface area contributed by atoms with Crippen LogP contribution in [-0.4, -0.2) is 27.7 Å². The fraction of sp³-hybridized carbons (Fsp3) is 0.238. The van der Waals surface area contributed by atoms with Gasteiger partial charge in [0.25, 0.3) is 0 Å². The van der Waals surface area contributed by atoms with E-state index in [-0.39, 0.29) is 18.6 Å². The summed E-state index contributed by atoms with van der Waals surface area (Å²) in [6.07, 6.45) is 1.85. The van der Waals surface area contributed by atoms with Crippen LogP contribution in [0.5, 0.6) is 0 Å². The first kappa shape index (κ1) is 17.1. The van der Waals surface area contributed by atoms with Crippen molar-refractivity contribution in [3.63, 3.8) is 0 Å². The van der Waals surface area contributed by atoms with Gasteiger partial charge >= 0.3 is 0 Å². The molecule has 0 bridgehead atoms. The summed E-state index contributed by atoms with van der Waals surface area (Å²) < 4.78 is 0. The highest BCUT2D eigenvalue weighted by atomic mass is 16.3. The molecule has 0 aliphatic rings. The van der Waals surface area contributed by atoms with Gasteiger partial charge in [0, 0.05) is 17.3 Å². The van der Waals surface area contributed by atoms with E-state index >= 15 is 0 Å². The molecule has 0 saturated heterocycles. The molecular formula is C21H23N3O. The van der Waals surface area contributed by atoms with Gasteiger partial charge in [0.15, 0.2) is 0 Å². The first-order valence-electron chi connectivity index (χ1n) is 8.54. The molecule has 4 nitrogen and oxygen atoms in total. The van der Waals surface area contributed by atoms with E-state index in [1.165, 1.54) is 0 Å². The number of aliphatic hydroxyl groups excluding tert-OH is 1. The third-order valence-electron chi connectivity index (χ3n) is 4.24. The maximum Gasteiger partial charge on any atom is 0.223 e. The van der Waals surface area contributed by atoms with Crippen molar-refractivity contribution in [1.82, 2.24) is 9.97 Å². The molecule has 128 valence electrons. The van der Waals surface area contributed by atoms with Gasteiger partial charge in [-0.25, -0.2) is 9.97 Å². The Hall–Kier alpha value is -2.72. The average molecular weight is 333 g/mol. The number of rotatable bonds is 6. The fourth-order valence-electron chi connectivity index (χ4n) is 2.69. The molecule has 4 heteroatoms. The minimum Gasteiger partial charge on any atom is -0.394 e. The number of anilines is 1. The summed E-state index contributed by atoms with van der Waals surface area (Å²) in [6, 6.07) is 20.2. The lowest BCUT2D eigenvalue weighted by Crippen LogP contribution is -2.30. The Morgan fingerprint density at radius 3 is 2.08 bits per heavy atom. The normalized spacial score (nSPS) is 12.2. The van der Waals surface area contributed by atoms with Gasteiger partial charge in [-0.05, 0) is 11.5 Å². The second-order valence-corrected chi connectivity index (χ2v) is 6.37. The predicted octanol–water partition coefficient (Wildman–Crippen LogP) is 4.24. The van der Waals surface area contributed by atoms with Crippen molar-refractivity contribution in [2.75, 3.05) is 11.9 Å². The van der Waals surface area contributed by atoms with E-state index in [1.807, 2.05) is 54.7 Å². The zero-order valence-electron chi connectivity index (χ0n) is 14.6. The van der Waals surface area contributed by atoms with Crippen LogP contribution in [0, 0.1) is 5.92 Å². The Morgan fingerprint density at radius 2 is 1.52 bits per heavy atom. The molecule has 2 N–H and O–H groups in total. The maximum absolute atomic E-state index is 9.56. The summed E-state index contributed by atoms with van der Waals surface area (Å²) in [4.78, 5) is 9.23. The molecule has 0 spiro atoms. The lowest BCUT2D eigenvalue weighted by atomic mass is 10.0. The Kier molecular flexibility index (Phi) is 5.41. The highest BCUT2D eigenvalue weighted by molar-refractivity contribution is 5.80. The van der Waals surface area contributed by atoms with Crippen LogP contribution in [0.25, 0.3) is 22.4 Å². The molecule has 3 rings (SSSR count). The molecule has 0 aliphatic carbocycles. The molecule has 1 atom stereocenters. The summed E-state index contributed by atoms with van der Waals surface area (Å²) in [5.41, 5.74) is 3.99. The maximum atomic E-state index is 9.56. The van der Waals surface area contributed by atoms with E-state index in [1.54, 1.807) is 0 Å². The second-order valence-electron chi connectivity index (χ2n) is 6.37. The van der Waals surface area contributed by atoms with Crippen LogP contribution in [0.4, 0.5) is 5.95 Å². The minimum absolute atomic E-state index is 0.0438. The van der Waals surface area contributed by atoms with Gasteiger partial charge < -0.3 is 10.4 Å². The van der Waals surface area contributed by atoms with Gasteiger partial charge in [0.2, 0.25) is 5.95 Å². The largest absolute Gasteiger partial charge is 0.394 e. The van der Waals surface area contributed by atoms with Crippen molar-refractivity contribution in [2.45, 2.75) is 19.9 Å². The van der Waals surface area contributed by atoms with E-state index in [0.717, 1.165) is 22.4 Å². The molecule has 3 aromatic rings. The first-order chi connectivity index (χ1) is 12.2. The number of nitrogens with one attached hydrogen (secondary N) is 1. The number of benzene rings is 2. The highest BCUT2D eigenvalue weighted by Gasteiger charge is 2.16. The monoisotopic (exact) mass is 333 g/mol. The van der Waals surface area contributed by atoms with Crippen LogP contribution >= 0.6 is 0 Å². The van der Waals surface area contributed by atoms with Crippen molar-refractivity contribution >= 4 is 5.95 Å². The van der Waals surface area contributed by atoms with Gasteiger partial charge in [-0.2, -0.15) is 0 Å². The van der Waals surface area contributed by atoms with E-state index in [2.05, 4.69) is 36.3 Å². The molecule has 1 unspecified atom stereocenters. The van der Waals surface area contributed by atoms with Crippen LogP contribution in [-0.2, 0) is 0 Å². The van der Waals surface area contributed by atoms with Gasteiger partial charge in [-0.1, -0.05) is 74.5 Å². The quantitative estimate of drug-likeness (QED) is 0.708. The predicted molar refractivity (Wildman–Crippen MR) is 102 cm³/mol. The highest BCUT2D eigenvalue weighted by Crippen LogP contribution is 2.30. The molecule has 0 fully saturated rings. The molecule has 2 aromatic carbocycles. The molecule has 25 heavy (non-hydrogen) atoms. The Labute approximate surface area is 148 Å². The summed E-state index contributed by atoms with van der Waals surface area (Å²) in [5, 5.41) is 12.8. The van der Waals surface area contributed by atoms with E-state index in [9.17, 15) is 5.11 Å². The van der Waals surface area contributed by atoms with Gasteiger partial charge in [-0.15, -0.1) is 0 Å². The zero-order valence-corrected chi connectivity index (χ0v) is 14.6. The van der Waals surface area contributed by atoms with Gasteiger partial charge in [0.05, 0.1) is 18.3 Å². The van der Waals surface area contributed by atoms with Crippen LogP contribution in [0.1, 0.15) is 13.8 Å². The lowest BCUT2D eigenvalue weighted by molar-refractivity contribution is 0.248. The second kappa shape index (κ2) is 7.90. The van der Waals surface area contributed by atoms with Gasteiger partial charge in [0.1, 0.15) is 0 Å². The SMILES string of the molecule is CC(C)C(CO)Nc1ncc(-c2ccccc2)c(-c2ccccc2)n1. The molecule has 0 aliphatic heterocycles. The number of hydrogen-bond acceptors (Lipinski definition) is 4. The topological polar surface area (TPSA) is 58.0 Å². The smallest absolute Gasteiger partial charge is 0.223 e. The molecule has 0 amide bonds. The third-order valence-corrected chi connectivity index (χ3v) is 4.24. The fourth-order valence-corrected chi connectivity index (χ4v) is 2.69. The standard InChI is InChI=1S/C21H23N3O/c1-15(2)19(14-25)23-21-22-13-18(16-9-5-3-6-10-16)20(24-21)17-11-7-4-8-12-17/h3-13,15,19,25H,14H2,1-2H3,(H,22,23,24). The molecule has 0 radical (unpaired) electrons. The van der Waals surface area contributed by atoms with Crippen LogP contribution in [0.3, 0.4) is 0 Å². The summed E-state index contributed by atoms with van der Waals surface area (Å²) >= 11 is 0. The van der Waals surface area contributed by atoms with Crippen molar-refractivity contribution in [3.05, 3.63) is 66.9 Å². The first-order valence-corrected chi connectivity index (χ1v) is 8.54. The number of nitrogens with zero attached hydrogens (tertiary/aromatic N) is 2. The molecular weight excluding hydrogens is 310 g/mol. The van der Waals surface area contributed by atoms with Crippen molar-refractivity contribution in [1.29, 1.82) is 0 Å². The Bertz CT molecular complexity index is 804. The summed E-state index contributed by atoms with van der Waals surface area (Å²) in [5.74, 6) is 0.814. The van der Waals surface area contributed by atoms with Crippen LogP contribution < -0.4 is 5.32 Å². The van der Waals surface area contributed by atoms with Crippen molar-refractivity contribution in [3.8, 4) is 22.4 Å². The number of aromatic nitrogens is 2. The zero-order chi connectivity index (χ0) is 17.6. The third kappa shape index (κ3) is 4.03. The lowest BCUT2D eigenvalue weighted by Gasteiger charge is -2.20. The van der Waals surface area contributed by atoms with Crippen molar-refractivity contribution < 1.29 is 5.11 Å². The van der Waals surface area contributed by atoms with Crippen LogP contribution in [0.15, 0.2) is 66.9 Å². The van der Waals surface area contributed by atoms with Crippen LogP contribution in [0.2, 0.25) is 0 Å². The molecule has 0 saturated carbocycles. The van der Waals surface area contributed by atoms with E-state index in [4.69, 9.17) is 4.98 Å². The number of aliphatic hydroxyl groups is 1. The molecule has 1 heterocycles. The summed E-state index contributed by atoms with van der Waals surface area (Å²) in [6.45, 7) is 4.16. The Balaban J connectivity index is 2.05. The van der Waals surface area contributed by atoms with Gasteiger partial charge in [-0.3, -0.25) is 0 Å². The number of hydrogen-bond donors (Lipinski definition) is 2. The Morgan fingerprint density at radius 1 is 0.920 bits per heavy atom. The molecule has 1 aromatic heterocycles.